The fourth-order valence-electron chi connectivity index (χ4n) is 4.56. The summed E-state index contributed by atoms with van der Waals surface area (Å²) < 4.78 is 2.40. The van der Waals surface area contributed by atoms with Crippen LogP contribution in [0, 0.1) is 6.92 Å². The molecule has 0 saturated carbocycles. The van der Waals surface area contributed by atoms with Crippen molar-refractivity contribution in [2.45, 2.75) is 44.4 Å². The molecule has 5 rings (SSSR count). The molecule has 0 radical (unpaired) electrons. The van der Waals surface area contributed by atoms with Gasteiger partial charge in [-0.3, -0.25) is 9.36 Å². The Bertz CT molecular complexity index is 1330. The number of rotatable bonds is 7. The van der Waals surface area contributed by atoms with E-state index in [1.54, 1.807) is 10.9 Å². The van der Waals surface area contributed by atoms with Gasteiger partial charge in [0, 0.05) is 22.1 Å². The van der Waals surface area contributed by atoms with Gasteiger partial charge in [0.15, 0.2) is 0 Å². The molecule has 2 aromatic heterocycles. The van der Waals surface area contributed by atoms with Crippen molar-refractivity contribution in [3.05, 3.63) is 76.3 Å². The first-order valence-corrected chi connectivity index (χ1v) is 14.0. The molecule has 0 aliphatic carbocycles. The van der Waals surface area contributed by atoms with Crippen molar-refractivity contribution in [1.82, 2.24) is 14.5 Å². The van der Waals surface area contributed by atoms with E-state index in [0.717, 1.165) is 40.4 Å². The second-order valence-corrected chi connectivity index (χ2v) is 11.2. The van der Waals surface area contributed by atoms with Crippen LogP contribution in [-0.2, 0) is 6.42 Å². The number of fused-ring (bicyclic) bond motifs is 1. The summed E-state index contributed by atoms with van der Waals surface area (Å²) in [5.74, 6) is 1.11. The summed E-state index contributed by atoms with van der Waals surface area (Å²) in [6.07, 6.45) is 6.67. The number of thiophene rings is 1. The van der Waals surface area contributed by atoms with E-state index in [2.05, 4.69) is 66.2 Å². The zero-order chi connectivity index (χ0) is 23.5. The SMILES string of the molecule is CCc1cc(-n2cnc3cc(-c4ccc(C)cc4)sc3c2=O)ccc1SCCN1CCCCC1. The van der Waals surface area contributed by atoms with E-state index in [9.17, 15) is 4.79 Å². The second kappa shape index (κ2) is 10.5. The number of hydrogen-bond acceptors (Lipinski definition) is 5. The lowest BCUT2D eigenvalue weighted by atomic mass is 10.1. The lowest BCUT2D eigenvalue weighted by Crippen LogP contribution is -2.31. The van der Waals surface area contributed by atoms with Crippen molar-refractivity contribution < 1.29 is 0 Å². The lowest BCUT2D eigenvalue weighted by molar-refractivity contribution is 0.242. The molecule has 0 N–H and O–H groups in total. The van der Waals surface area contributed by atoms with E-state index in [4.69, 9.17) is 0 Å². The number of likely N-dealkylation sites (tertiary alicyclic amines) is 1. The molecule has 1 aliphatic heterocycles. The standard InChI is InChI=1S/C28H31N3OS2/c1-3-21-17-23(11-12-25(21)33-16-15-30-13-5-4-6-14-30)31-19-29-24-18-26(34-27(24)28(31)32)22-9-7-20(2)8-10-22/h7-12,17-19H,3-6,13-16H2,1-2H3. The second-order valence-electron chi connectivity index (χ2n) is 9.01. The molecule has 0 amide bonds. The molecule has 3 heterocycles. The van der Waals surface area contributed by atoms with Crippen LogP contribution in [0.5, 0.6) is 0 Å². The topological polar surface area (TPSA) is 38.1 Å². The molecule has 0 atom stereocenters. The normalized spacial score (nSPS) is 14.6. The minimum Gasteiger partial charge on any atom is -0.303 e. The summed E-state index contributed by atoms with van der Waals surface area (Å²) in [4.78, 5) is 23.0. The molecule has 1 saturated heterocycles. The third-order valence-corrected chi connectivity index (χ3v) is 8.85. The van der Waals surface area contributed by atoms with Crippen LogP contribution in [-0.4, -0.2) is 39.8 Å². The average molecular weight is 490 g/mol. The van der Waals surface area contributed by atoms with Gasteiger partial charge >= 0.3 is 0 Å². The summed E-state index contributed by atoms with van der Waals surface area (Å²) in [5, 5.41) is 0. The first kappa shape index (κ1) is 23.3. The maximum absolute atomic E-state index is 13.4. The van der Waals surface area contributed by atoms with Crippen LogP contribution in [0.15, 0.2) is 64.5 Å². The molecule has 0 spiro atoms. The fraction of sp³-hybridized carbons (Fsp3) is 0.357. The zero-order valence-electron chi connectivity index (χ0n) is 19.9. The summed E-state index contributed by atoms with van der Waals surface area (Å²) in [6.45, 7) is 7.90. The predicted octanol–water partition coefficient (Wildman–Crippen LogP) is 6.56. The first-order chi connectivity index (χ1) is 16.6. The molecule has 4 nitrogen and oxygen atoms in total. The molecule has 0 unspecified atom stereocenters. The highest BCUT2D eigenvalue weighted by Gasteiger charge is 2.14. The van der Waals surface area contributed by atoms with Gasteiger partial charge in [-0.05, 0) is 74.7 Å². The Kier molecular flexibility index (Phi) is 7.18. The Morgan fingerprint density at radius 2 is 1.82 bits per heavy atom. The van der Waals surface area contributed by atoms with E-state index < -0.39 is 0 Å². The molecular formula is C28H31N3OS2. The summed E-state index contributed by atoms with van der Waals surface area (Å²) in [7, 11) is 0. The Labute approximate surface area is 209 Å². The minimum absolute atomic E-state index is 0.000848. The molecule has 1 aliphatic rings. The molecule has 176 valence electrons. The van der Waals surface area contributed by atoms with Crippen molar-refractivity contribution in [2.24, 2.45) is 0 Å². The van der Waals surface area contributed by atoms with Gasteiger partial charge in [-0.25, -0.2) is 4.98 Å². The van der Waals surface area contributed by atoms with Gasteiger partial charge in [0.1, 0.15) is 11.0 Å². The van der Waals surface area contributed by atoms with Crippen LogP contribution < -0.4 is 5.56 Å². The first-order valence-electron chi connectivity index (χ1n) is 12.2. The Morgan fingerprint density at radius 3 is 2.59 bits per heavy atom. The molecule has 1 fully saturated rings. The number of piperidine rings is 1. The Hall–Kier alpha value is -2.41. The fourth-order valence-corrected chi connectivity index (χ4v) is 6.73. The van der Waals surface area contributed by atoms with E-state index in [-0.39, 0.29) is 5.56 Å². The van der Waals surface area contributed by atoms with Crippen molar-refractivity contribution in [3.63, 3.8) is 0 Å². The highest BCUT2D eigenvalue weighted by atomic mass is 32.2. The number of hydrogen-bond donors (Lipinski definition) is 0. The molecule has 34 heavy (non-hydrogen) atoms. The molecule has 4 aromatic rings. The van der Waals surface area contributed by atoms with Crippen LogP contribution in [0.25, 0.3) is 26.3 Å². The van der Waals surface area contributed by atoms with Crippen molar-refractivity contribution in [1.29, 1.82) is 0 Å². The zero-order valence-corrected chi connectivity index (χ0v) is 21.6. The Morgan fingerprint density at radius 1 is 1.03 bits per heavy atom. The third kappa shape index (κ3) is 4.99. The molecular weight excluding hydrogens is 458 g/mol. The highest BCUT2D eigenvalue weighted by Crippen LogP contribution is 2.31. The average Bonchev–Trinajstić information content (AvgIpc) is 3.31. The number of thioether (sulfide) groups is 1. The van der Waals surface area contributed by atoms with Crippen molar-refractivity contribution >= 4 is 33.3 Å². The van der Waals surface area contributed by atoms with E-state index in [1.807, 2.05) is 17.8 Å². The van der Waals surface area contributed by atoms with Crippen LogP contribution in [0.1, 0.15) is 37.3 Å². The minimum atomic E-state index is 0.000848. The number of aromatic nitrogens is 2. The largest absolute Gasteiger partial charge is 0.303 e. The quantitative estimate of drug-likeness (QED) is 0.275. The van der Waals surface area contributed by atoms with E-state index in [1.165, 1.54) is 59.7 Å². The highest BCUT2D eigenvalue weighted by molar-refractivity contribution is 7.99. The van der Waals surface area contributed by atoms with Gasteiger partial charge in [-0.2, -0.15) is 0 Å². The lowest BCUT2D eigenvalue weighted by Gasteiger charge is -2.26. The van der Waals surface area contributed by atoms with Gasteiger partial charge in [-0.1, -0.05) is 43.2 Å². The van der Waals surface area contributed by atoms with Gasteiger partial charge in [-0.15, -0.1) is 23.1 Å². The monoisotopic (exact) mass is 489 g/mol. The third-order valence-electron chi connectivity index (χ3n) is 6.59. The van der Waals surface area contributed by atoms with Gasteiger partial charge in [0.25, 0.3) is 5.56 Å². The summed E-state index contributed by atoms with van der Waals surface area (Å²) >= 11 is 3.46. The van der Waals surface area contributed by atoms with E-state index in [0.29, 0.717) is 4.70 Å². The van der Waals surface area contributed by atoms with Crippen molar-refractivity contribution in [2.75, 3.05) is 25.4 Å². The van der Waals surface area contributed by atoms with Gasteiger partial charge in [0.05, 0.1) is 11.2 Å². The number of benzene rings is 2. The van der Waals surface area contributed by atoms with Crippen molar-refractivity contribution in [3.8, 4) is 16.1 Å². The summed E-state index contributed by atoms with van der Waals surface area (Å²) in [5.41, 5.74) is 5.30. The smallest absolute Gasteiger partial charge is 0.275 e. The van der Waals surface area contributed by atoms with Gasteiger partial charge in [0.2, 0.25) is 0 Å². The maximum Gasteiger partial charge on any atom is 0.275 e. The molecule has 6 heteroatoms. The maximum atomic E-state index is 13.4. The summed E-state index contributed by atoms with van der Waals surface area (Å²) in [6, 6.07) is 16.8. The van der Waals surface area contributed by atoms with E-state index >= 15 is 0 Å². The number of nitrogens with zero attached hydrogens (tertiary/aromatic N) is 3. The van der Waals surface area contributed by atoms with Crippen LogP contribution in [0.2, 0.25) is 0 Å². The number of aryl methyl sites for hydroxylation is 2. The van der Waals surface area contributed by atoms with Crippen LogP contribution >= 0.6 is 23.1 Å². The predicted molar refractivity (Wildman–Crippen MR) is 146 cm³/mol. The van der Waals surface area contributed by atoms with Crippen LogP contribution in [0.4, 0.5) is 0 Å². The van der Waals surface area contributed by atoms with Gasteiger partial charge < -0.3 is 4.90 Å². The Balaban J connectivity index is 1.38. The molecule has 2 aromatic carbocycles. The molecule has 0 bridgehead atoms. The van der Waals surface area contributed by atoms with Crippen LogP contribution in [0.3, 0.4) is 0 Å².